The Balaban J connectivity index is 1.84. The predicted molar refractivity (Wildman–Crippen MR) is 91.3 cm³/mol. The molecule has 0 radical (unpaired) electrons. The number of aromatic nitrogens is 1. The standard InChI is InChI=1S/C17H24N4O2/c1-13(2)18-8-9-19-17(23)21(12-22)10-7-14-11-20-16-6-4-3-5-15(14)16/h3-6,11-13,18,20H,7-10H2,1-2H3,(H,19,23). The molecule has 2 rings (SSSR count). The van der Waals surface area contributed by atoms with E-state index in [0.717, 1.165) is 16.5 Å². The molecule has 6 nitrogen and oxygen atoms in total. The molecule has 0 aliphatic carbocycles. The monoisotopic (exact) mass is 316 g/mol. The van der Waals surface area contributed by atoms with Gasteiger partial charge in [0, 0.05) is 42.8 Å². The van der Waals surface area contributed by atoms with Crippen molar-refractivity contribution >= 4 is 23.3 Å². The van der Waals surface area contributed by atoms with Crippen LogP contribution in [0.5, 0.6) is 0 Å². The van der Waals surface area contributed by atoms with Gasteiger partial charge in [-0.05, 0) is 18.1 Å². The number of benzene rings is 1. The van der Waals surface area contributed by atoms with Crippen molar-refractivity contribution in [2.75, 3.05) is 19.6 Å². The summed E-state index contributed by atoms with van der Waals surface area (Å²) in [6.07, 6.45) is 3.14. The second-order valence-corrected chi connectivity index (χ2v) is 5.75. The maximum atomic E-state index is 12.0. The summed E-state index contributed by atoms with van der Waals surface area (Å²) in [7, 11) is 0. The summed E-state index contributed by atoms with van der Waals surface area (Å²) in [6.45, 7) is 5.61. The van der Waals surface area contributed by atoms with Crippen molar-refractivity contribution in [2.24, 2.45) is 0 Å². The first kappa shape index (κ1) is 17.0. The highest BCUT2D eigenvalue weighted by Gasteiger charge is 2.13. The Bertz CT molecular complexity index is 651. The number of amides is 3. The van der Waals surface area contributed by atoms with Crippen molar-refractivity contribution in [3.63, 3.8) is 0 Å². The van der Waals surface area contributed by atoms with Crippen molar-refractivity contribution in [2.45, 2.75) is 26.3 Å². The zero-order valence-corrected chi connectivity index (χ0v) is 13.6. The van der Waals surface area contributed by atoms with Gasteiger partial charge in [0.25, 0.3) is 0 Å². The quantitative estimate of drug-likeness (QED) is 0.514. The van der Waals surface area contributed by atoms with Crippen LogP contribution in [-0.4, -0.2) is 48.0 Å². The molecule has 0 saturated carbocycles. The van der Waals surface area contributed by atoms with E-state index in [1.807, 2.05) is 44.3 Å². The first-order chi connectivity index (χ1) is 11.1. The molecule has 1 heterocycles. The Morgan fingerprint density at radius 3 is 2.83 bits per heavy atom. The van der Waals surface area contributed by atoms with E-state index in [0.29, 0.717) is 38.5 Å². The summed E-state index contributed by atoms with van der Waals surface area (Å²) < 4.78 is 0. The summed E-state index contributed by atoms with van der Waals surface area (Å²) in [5.74, 6) is 0. The van der Waals surface area contributed by atoms with Gasteiger partial charge in [0.2, 0.25) is 6.41 Å². The number of para-hydroxylation sites is 1. The van der Waals surface area contributed by atoms with Crippen LogP contribution in [0, 0.1) is 0 Å². The lowest BCUT2D eigenvalue weighted by atomic mass is 10.1. The lowest BCUT2D eigenvalue weighted by Gasteiger charge is -2.16. The lowest BCUT2D eigenvalue weighted by Crippen LogP contribution is -2.43. The molecule has 23 heavy (non-hydrogen) atoms. The van der Waals surface area contributed by atoms with Crippen LogP contribution in [-0.2, 0) is 11.2 Å². The van der Waals surface area contributed by atoms with Gasteiger partial charge >= 0.3 is 6.03 Å². The van der Waals surface area contributed by atoms with Gasteiger partial charge in [0.1, 0.15) is 0 Å². The number of carbonyl (C=O) groups excluding carboxylic acids is 2. The van der Waals surface area contributed by atoms with E-state index in [2.05, 4.69) is 15.6 Å². The molecule has 1 aromatic carbocycles. The van der Waals surface area contributed by atoms with Gasteiger partial charge in [-0.25, -0.2) is 4.79 Å². The average molecular weight is 316 g/mol. The van der Waals surface area contributed by atoms with Crippen LogP contribution in [0.3, 0.4) is 0 Å². The van der Waals surface area contributed by atoms with Crippen LogP contribution < -0.4 is 10.6 Å². The second kappa shape index (κ2) is 8.33. The number of fused-ring (bicyclic) bond motifs is 1. The third-order valence-corrected chi connectivity index (χ3v) is 3.64. The van der Waals surface area contributed by atoms with E-state index in [4.69, 9.17) is 0 Å². The van der Waals surface area contributed by atoms with Gasteiger partial charge in [-0.3, -0.25) is 9.69 Å². The van der Waals surface area contributed by atoms with Crippen molar-refractivity contribution in [3.05, 3.63) is 36.0 Å². The van der Waals surface area contributed by atoms with Crippen LogP contribution in [0.1, 0.15) is 19.4 Å². The number of hydrogen-bond donors (Lipinski definition) is 3. The van der Waals surface area contributed by atoms with Crippen molar-refractivity contribution in [1.29, 1.82) is 0 Å². The SMILES string of the molecule is CC(C)NCCNC(=O)N(C=O)CCc1c[nH]c2ccccc12. The Morgan fingerprint density at radius 1 is 1.30 bits per heavy atom. The third kappa shape index (κ3) is 4.82. The van der Waals surface area contributed by atoms with E-state index in [-0.39, 0.29) is 6.03 Å². The van der Waals surface area contributed by atoms with Gasteiger partial charge in [-0.15, -0.1) is 0 Å². The highest BCUT2D eigenvalue weighted by atomic mass is 16.2. The molecule has 0 saturated heterocycles. The van der Waals surface area contributed by atoms with Crippen LogP contribution in [0.15, 0.2) is 30.5 Å². The minimum atomic E-state index is -0.356. The minimum Gasteiger partial charge on any atom is -0.361 e. The minimum absolute atomic E-state index is 0.356. The topological polar surface area (TPSA) is 77.2 Å². The van der Waals surface area contributed by atoms with Crippen LogP contribution in [0.25, 0.3) is 10.9 Å². The molecule has 1 aromatic heterocycles. The van der Waals surface area contributed by atoms with E-state index in [1.165, 1.54) is 4.90 Å². The average Bonchev–Trinajstić information content (AvgIpc) is 2.95. The van der Waals surface area contributed by atoms with Crippen LogP contribution in [0.2, 0.25) is 0 Å². The van der Waals surface area contributed by atoms with Gasteiger partial charge in [-0.2, -0.15) is 0 Å². The van der Waals surface area contributed by atoms with E-state index in [1.54, 1.807) is 0 Å². The molecule has 6 heteroatoms. The Labute approximate surface area is 136 Å². The second-order valence-electron chi connectivity index (χ2n) is 5.75. The zero-order chi connectivity index (χ0) is 16.7. The number of hydrogen-bond acceptors (Lipinski definition) is 3. The molecule has 0 aliphatic heterocycles. The maximum Gasteiger partial charge on any atom is 0.323 e. The number of rotatable bonds is 8. The Kier molecular flexibility index (Phi) is 6.17. The first-order valence-corrected chi connectivity index (χ1v) is 7.90. The number of carbonyl (C=O) groups is 2. The molecule has 124 valence electrons. The van der Waals surface area contributed by atoms with E-state index in [9.17, 15) is 9.59 Å². The van der Waals surface area contributed by atoms with E-state index >= 15 is 0 Å². The molecule has 0 aliphatic rings. The predicted octanol–water partition coefficient (Wildman–Crippen LogP) is 1.88. The number of H-pyrrole nitrogens is 1. The fourth-order valence-corrected chi connectivity index (χ4v) is 2.41. The van der Waals surface area contributed by atoms with Crippen molar-refractivity contribution in [3.8, 4) is 0 Å². The molecule has 0 unspecified atom stereocenters. The van der Waals surface area contributed by atoms with Crippen LogP contribution in [0.4, 0.5) is 4.79 Å². The highest BCUT2D eigenvalue weighted by molar-refractivity contribution is 5.85. The Morgan fingerprint density at radius 2 is 2.09 bits per heavy atom. The zero-order valence-electron chi connectivity index (χ0n) is 13.6. The number of urea groups is 1. The highest BCUT2D eigenvalue weighted by Crippen LogP contribution is 2.18. The van der Waals surface area contributed by atoms with Gasteiger partial charge < -0.3 is 15.6 Å². The van der Waals surface area contributed by atoms with E-state index < -0.39 is 0 Å². The maximum absolute atomic E-state index is 12.0. The summed E-state index contributed by atoms with van der Waals surface area (Å²) in [5.41, 5.74) is 2.16. The van der Waals surface area contributed by atoms with Crippen LogP contribution >= 0.6 is 0 Å². The molecule has 3 N–H and O–H groups in total. The molecule has 0 bridgehead atoms. The molecule has 3 amide bonds. The summed E-state index contributed by atoms with van der Waals surface area (Å²) in [5, 5.41) is 7.07. The third-order valence-electron chi connectivity index (χ3n) is 3.64. The number of imide groups is 1. The van der Waals surface area contributed by atoms with Crippen molar-refractivity contribution in [1.82, 2.24) is 20.5 Å². The molecular weight excluding hydrogens is 292 g/mol. The normalized spacial score (nSPS) is 10.9. The number of aromatic amines is 1. The molecular formula is C17H24N4O2. The molecule has 0 fully saturated rings. The van der Waals surface area contributed by atoms with Gasteiger partial charge in [0.15, 0.2) is 0 Å². The molecule has 2 aromatic rings. The summed E-state index contributed by atoms with van der Waals surface area (Å²) >= 11 is 0. The number of nitrogens with one attached hydrogen (secondary N) is 3. The molecule has 0 atom stereocenters. The largest absolute Gasteiger partial charge is 0.361 e. The smallest absolute Gasteiger partial charge is 0.323 e. The summed E-state index contributed by atoms with van der Waals surface area (Å²) in [4.78, 5) is 27.5. The number of nitrogens with zero attached hydrogens (tertiary/aromatic N) is 1. The summed E-state index contributed by atoms with van der Waals surface area (Å²) in [6, 6.07) is 8.00. The van der Waals surface area contributed by atoms with Gasteiger partial charge in [-0.1, -0.05) is 32.0 Å². The van der Waals surface area contributed by atoms with Gasteiger partial charge in [0.05, 0.1) is 0 Å². The fourth-order valence-electron chi connectivity index (χ4n) is 2.41. The fraction of sp³-hybridized carbons (Fsp3) is 0.412. The molecule has 0 spiro atoms. The first-order valence-electron chi connectivity index (χ1n) is 7.90. The lowest BCUT2D eigenvalue weighted by molar-refractivity contribution is -0.115. The Hall–Kier alpha value is -2.34. The van der Waals surface area contributed by atoms with Crippen molar-refractivity contribution < 1.29 is 9.59 Å².